The summed E-state index contributed by atoms with van der Waals surface area (Å²) in [5.74, 6) is 0.728. The second kappa shape index (κ2) is 4.70. The molecule has 0 aromatic heterocycles. The smallest absolute Gasteiger partial charge is 0.261 e. The van der Waals surface area contributed by atoms with Crippen molar-refractivity contribution < 1.29 is 9.59 Å². The third kappa shape index (κ3) is 2.38. The molecule has 3 rings (SSSR count). The van der Waals surface area contributed by atoms with Crippen LogP contribution in [0.3, 0.4) is 0 Å². The Labute approximate surface area is 101 Å². The molecule has 2 amide bonds. The van der Waals surface area contributed by atoms with E-state index in [4.69, 9.17) is 0 Å². The van der Waals surface area contributed by atoms with Gasteiger partial charge in [-0.05, 0) is 25.0 Å². The second-order valence-electron chi connectivity index (χ2n) is 4.58. The molecule has 1 aromatic rings. The predicted molar refractivity (Wildman–Crippen MR) is 65.9 cm³/mol. The second-order valence-corrected chi connectivity index (χ2v) is 4.58. The highest BCUT2D eigenvalue weighted by Crippen LogP contribution is 2.26. The Morgan fingerprint density at radius 3 is 1.82 bits per heavy atom. The lowest BCUT2D eigenvalue weighted by molar-refractivity contribution is 0.0663. The molecule has 0 atom stereocenters. The molecule has 1 saturated carbocycles. The summed E-state index contributed by atoms with van der Waals surface area (Å²) < 4.78 is 0. The van der Waals surface area contributed by atoms with Gasteiger partial charge in [0.1, 0.15) is 0 Å². The molecule has 0 radical (unpaired) electrons. The van der Waals surface area contributed by atoms with Crippen molar-refractivity contribution in [3.05, 3.63) is 35.4 Å². The van der Waals surface area contributed by atoms with Gasteiger partial charge < -0.3 is 0 Å². The molecule has 1 aliphatic carbocycles. The average molecular weight is 231 g/mol. The highest BCUT2D eigenvalue weighted by molar-refractivity contribution is 6.21. The van der Waals surface area contributed by atoms with Gasteiger partial charge in [0.25, 0.3) is 11.8 Å². The van der Waals surface area contributed by atoms with Crippen molar-refractivity contribution in [2.45, 2.75) is 26.7 Å². The van der Waals surface area contributed by atoms with Gasteiger partial charge in [-0.1, -0.05) is 31.9 Å². The predicted octanol–water partition coefficient (Wildman–Crippen LogP) is 2.72. The van der Waals surface area contributed by atoms with Crippen molar-refractivity contribution in [1.29, 1.82) is 0 Å². The Kier molecular flexibility index (Phi) is 3.27. The van der Waals surface area contributed by atoms with Crippen molar-refractivity contribution in [2.75, 3.05) is 6.54 Å². The molecule has 3 nitrogen and oxygen atoms in total. The number of amides is 2. The Morgan fingerprint density at radius 1 is 1.12 bits per heavy atom. The zero-order valence-electron chi connectivity index (χ0n) is 10.3. The first-order valence-electron chi connectivity index (χ1n) is 6.10. The zero-order valence-corrected chi connectivity index (χ0v) is 10.3. The van der Waals surface area contributed by atoms with Crippen LogP contribution >= 0.6 is 0 Å². The number of rotatable bonds is 1. The molecule has 1 heterocycles. The van der Waals surface area contributed by atoms with Crippen molar-refractivity contribution in [2.24, 2.45) is 5.92 Å². The minimum atomic E-state index is -0.178. The summed E-state index contributed by atoms with van der Waals surface area (Å²) in [6.45, 7) is 4.51. The van der Waals surface area contributed by atoms with E-state index in [0.29, 0.717) is 17.7 Å². The fourth-order valence-corrected chi connectivity index (χ4v) is 1.69. The van der Waals surface area contributed by atoms with E-state index in [9.17, 15) is 9.59 Å². The zero-order chi connectivity index (χ0) is 12.4. The van der Waals surface area contributed by atoms with E-state index in [0.717, 1.165) is 5.92 Å². The minimum Gasteiger partial charge on any atom is -0.275 e. The van der Waals surface area contributed by atoms with Gasteiger partial charge in [0.15, 0.2) is 0 Å². The molecule has 90 valence electrons. The summed E-state index contributed by atoms with van der Waals surface area (Å²) in [4.78, 5) is 24.3. The first-order chi connectivity index (χ1) is 8.15. The van der Waals surface area contributed by atoms with Gasteiger partial charge in [0.2, 0.25) is 0 Å². The maximum absolute atomic E-state index is 11.5. The Hall–Kier alpha value is -1.64. The molecule has 0 spiro atoms. The maximum atomic E-state index is 11.5. The lowest BCUT2D eigenvalue weighted by Crippen LogP contribution is -2.29. The fourth-order valence-electron chi connectivity index (χ4n) is 1.69. The molecule has 3 heteroatoms. The molecule has 17 heavy (non-hydrogen) atoms. The van der Waals surface area contributed by atoms with Gasteiger partial charge in [0, 0.05) is 6.54 Å². The highest BCUT2D eigenvalue weighted by atomic mass is 16.2. The highest BCUT2D eigenvalue weighted by Gasteiger charge is 2.33. The van der Waals surface area contributed by atoms with Crippen LogP contribution in [-0.2, 0) is 0 Å². The normalized spacial score (nSPS) is 17.6. The van der Waals surface area contributed by atoms with E-state index in [1.54, 1.807) is 31.2 Å². The molecule has 0 bridgehead atoms. The SMILES string of the molecule is CC1CC1.CCN1C(=O)c2ccccc2C1=O. The van der Waals surface area contributed by atoms with Gasteiger partial charge in [-0.25, -0.2) is 0 Å². The van der Waals surface area contributed by atoms with Crippen LogP contribution in [0, 0.1) is 5.92 Å². The van der Waals surface area contributed by atoms with Gasteiger partial charge in [-0.3, -0.25) is 14.5 Å². The minimum absolute atomic E-state index is 0.178. The van der Waals surface area contributed by atoms with Crippen LogP contribution < -0.4 is 0 Å². The summed E-state index contributed by atoms with van der Waals surface area (Å²) in [5, 5.41) is 0. The van der Waals surface area contributed by atoms with Gasteiger partial charge >= 0.3 is 0 Å². The number of hydrogen-bond donors (Lipinski definition) is 0. The third-order valence-corrected chi connectivity index (χ3v) is 3.06. The van der Waals surface area contributed by atoms with E-state index in [1.165, 1.54) is 17.7 Å². The van der Waals surface area contributed by atoms with Crippen LogP contribution in [0.25, 0.3) is 0 Å². The van der Waals surface area contributed by atoms with E-state index in [2.05, 4.69) is 6.92 Å². The number of carbonyl (C=O) groups is 2. The first kappa shape index (κ1) is 11.8. The number of hydrogen-bond acceptors (Lipinski definition) is 2. The lowest BCUT2D eigenvalue weighted by Gasteiger charge is -2.08. The summed E-state index contributed by atoms with van der Waals surface area (Å²) in [6.07, 6.45) is 2.97. The molecule has 0 saturated heterocycles. The summed E-state index contributed by atoms with van der Waals surface area (Å²) in [5.41, 5.74) is 1.05. The quantitative estimate of drug-likeness (QED) is 0.697. The van der Waals surface area contributed by atoms with Crippen LogP contribution in [0.5, 0.6) is 0 Å². The van der Waals surface area contributed by atoms with E-state index < -0.39 is 0 Å². The average Bonchev–Trinajstić information content (AvgIpc) is 3.08. The standard InChI is InChI=1S/C10H9NO2.C4H8/c1-2-11-9(12)7-5-3-4-6-8(7)10(11)13;1-4-2-3-4/h3-6H,2H2,1H3;4H,2-3H2,1H3. The summed E-state index contributed by atoms with van der Waals surface area (Å²) >= 11 is 0. The van der Waals surface area contributed by atoms with Crippen molar-refractivity contribution in [3.8, 4) is 0 Å². The number of imide groups is 1. The molecule has 1 fully saturated rings. The largest absolute Gasteiger partial charge is 0.275 e. The van der Waals surface area contributed by atoms with Crippen molar-refractivity contribution in [1.82, 2.24) is 4.90 Å². The summed E-state index contributed by atoms with van der Waals surface area (Å²) in [7, 11) is 0. The van der Waals surface area contributed by atoms with E-state index >= 15 is 0 Å². The maximum Gasteiger partial charge on any atom is 0.261 e. The van der Waals surface area contributed by atoms with E-state index in [1.807, 2.05) is 0 Å². The van der Waals surface area contributed by atoms with Crippen LogP contribution in [0.2, 0.25) is 0 Å². The molecule has 1 aliphatic heterocycles. The number of carbonyl (C=O) groups excluding carboxylic acids is 2. The molecule has 1 aromatic carbocycles. The van der Waals surface area contributed by atoms with Crippen LogP contribution in [0.15, 0.2) is 24.3 Å². The third-order valence-electron chi connectivity index (χ3n) is 3.06. The Morgan fingerprint density at radius 2 is 1.53 bits per heavy atom. The topological polar surface area (TPSA) is 37.4 Å². The summed E-state index contributed by atoms with van der Waals surface area (Å²) in [6, 6.07) is 6.91. The van der Waals surface area contributed by atoms with Crippen molar-refractivity contribution >= 4 is 11.8 Å². The number of nitrogens with zero attached hydrogens (tertiary/aromatic N) is 1. The van der Waals surface area contributed by atoms with Gasteiger partial charge in [-0.2, -0.15) is 0 Å². The first-order valence-corrected chi connectivity index (χ1v) is 6.10. The van der Waals surface area contributed by atoms with Crippen LogP contribution in [0.4, 0.5) is 0 Å². The number of benzene rings is 1. The fraction of sp³-hybridized carbons (Fsp3) is 0.429. The van der Waals surface area contributed by atoms with Gasteiger partial charge in [0.05, 0.1) is 11.1 Å². The number of fused-ring (bicyclic) bond motifs is 1. The van der Waals surface area contributed by atoms with E-state index in [-0.39, 0.29) is 11.8 Å². The monoisotopic (exact) mass is 231 g/mol. The molecular formula is C14H17NO2. The lowest BCUT2D eigenvalue weighted by atomic mass is 10.1. The molecule has 0 N–H and O–H groups in total. The molecular weight excluding hydrogens is 214 g/mol. The Bertz CT molecular complexity index is 414. The molecule has 0 unspecified atom stereocenters. The van der Waals surface area contributed by atoms with Crippen molar-refractivity contribution in [3.63, 3.8) is 0 Å². The van der Waals surface area contributed by atoms with Gasteiger partial charge in [-0.15, -0.1) is 0 Å². The molecule has 2 aliphatic rings. The van der Waals surface area contributed by atoms with Crippen LogP contribution in [-0.4, -0.2) is 23.3 Å². The van der Waals surface area contributed by atoms with Crippen LogP contribution in [0.1, 0.15) is 47.4 Å². The Balaban J connectivity index is 0.000000228.